The first kappa shape index (κ1) is 10.5. The number of nitrogens with one attached hydrogen (secondary N) is 1. The summed E-state index contributed by atoms with van der Waals surface area (Å²) in [7, 11) is 0. The van der Waals surface area contributed by atoms with Gasteiger partial charge in [0.05, 0.1) is 0 Å². The van der Waals surface area contributed by atoms with Crippen molar-refractivity contribution in [2.24, 2.45) is 0 Å². The van der Waals surface area contributed by atoms with Crippen molar-refractivity contribution in [1.82, 2.24) is 10.2 Å². The number of carboxylic acid groups (broad SMARTS) is 1. The van der Waals surface area contributed by atoms with Crippen molar-refractivity contribution in [2.45, 2.75) is 32.4 Å². The minimum absolute atomic E-state index is 0.308. The summed E-state index contributed by atoms with van der Waals surface area (Å²) < 4.78 is 0. The normalized spacial score (nSPS) is 19.9. The van der Waals surface area contributed by atoms with E-state index in [0.717, 1.165) is 19.6 Å². The first-order valence-corrected chi connectivity index (χ1v) is 4.90. The number of likely N-dealkylation sites (N-methyl/N-ethyl adjacent to an activating group) is 1. The molecule has 4 nitrogen and oxygen atoms in total. The maximum absolute atomic E-state index is 10.9. The van der Waals surface area contributed by atoms with Gasteiger partial charge in [-0.1, -0.05) is 13.8 Å². The topological polar surface area (TPSA) is 52.6 Å². The van der Waals surface area contributed by atoms with E-state index in [1.54, 1.807) is 0 Å². The van der Waals surface area contributed by atoms with Crippen LogP contribution in [0.3, 0.4) is 0 Å². The van der Waals surface area contributed by atoms with Crippen molar-refractivity contribution in [1.29, 1.82) is 0 Å². The van der Waals surface area contributed by atoms with Crippen LogP contribution < -0.4 is 5.32 Å². The lowest BCUT2D eigenvalue weighted by molar-refractivity contribution is -0.144. The van der Waals surface area contributed by atoms with Gasteiger partial charge in [0.2, 0.25) is 0 Å². The van der Waals surface area contributed by atoms with Crippen LogP contribution >= 0.6 is 0 Å². The minimum atomic E-state index is -0.698. The second-order valence-electron chi connectivity index (χ2n) is 3.40. The highest BCUT2D eigenvalue weighted by molar-refractivity contribution is 5.73. The van der Waals surface area contributed by atoms with Gasteiger partial charge >= 0.3 is 5.97 Å². The quantitative estimate of drug-likeness (QED) is 0.641. The zero-order chi connectivity index (χ0) is 9.84. The van der Waals surface area contributed by atoms with Crippen molar-refractivity contribution in [3.63, 3.8) is 0 Å². The van der Waals surface area contributed by atoms with Crippen LogP contribution in [0.4, 0.5) is 0 Å². The molecule has 0 aromatic heterocycles. The van der Waals surface area contributed by atoms with Gasteiger partial charge in [-0.3, -0.25) is 9.69 Å². The third kappa shape index (κ3) is 2.19. The standard InChI is InChI=1S/C9H18N2O2/c1-3-8(9(12)13)11(4-2)7-5-10-6-7/h7-8,10H,3-6H2,1-2H3,(H,12,13). The average molecular weight is 186 g/mol. The molecule has 1 unspecified atom stereocenters. The minimum Gasteiger partial charge on any atom is -0.480 e. The molecule has 0 aliphatic carbocycles. The molecule has 0 radical (unpaired) electrons. The highest BCUT2D eigenvalue weighted by Crippen LogP contribution is 2.12. The van der Waals surface area contributed by atoms with E-state index >= 15 is 0 Å². The average Bonchev–Trinajstić information content (AvgIpc) is 1.99. The fourth-order valence-electron chi connectivity index (χ4n) is 1.79. The Bertz CT molecular complexity index is 180. The number of nitrogens with zero attached hydrogens (tertiary/aromatic N) is 1. The summed E-state index contributed by atoms with van der Waals surface area (Å²) >= 11 is 0. The van der Waals surface area contributed by atoms with Crippen LogP contribution in [0.5, 0.6) is 0 Å². The number of carbonyl (C=O) groups is 1. The molecule has 1 fully saturated rings. The highest BCUT2D eigenvalue weighted by atomic mass is 16.4. The molecular formula is C9H18N2O2. The Kier molecular flexibility index (Phi) is 3.69. The van der Waals surface area contributed by atoms with Gasteiger partial charge in [0.1, 0.15) is 6.04 Å². The van der Waals surface area contributed by atoms with Crippen molar-refractivity contribution in [3.05, 3.63) is 0 Å². The maximum atomic E-state index is 10.9. The molecule has 0 aromatic rings. The molecule has 1 atom stereocenters. The first-order valence-electron chi connectivity index (χ1n) is 4.90. The van der Waals surface area contributed by atoms with Crippen LogP contribution in [-0.2, 0) is 4.79 Å². The lowest BCUT2D eigenvalue weighted by Crippen LogP contribution is -2.61. The molecule has 1 rings (SSSR count). The van der Waals surface area contributed by atoms with Gasteiger partial charge in [0.15, 0.2) is 0 Å². The molecular weight excluding hydrogens is 168 g/mol. The van der Waals surface area contributed by atoms with Gasteiger partial charge in [-0.2, -0.15) is 0 Å². The summed E-state index contributed by atoms with van der Waals surface area (Å²) in [5.41, 5.74) is 0. The lowest BCUT2D eigenvalue weighted by atomic mass is 10.1. The number of carboxylic acids is 1. The monoisotopic (exact) mass is 186 g/mol. The molecule has 1 aliphatic heterocycles. The predicted molar refractivity (Wildman–Crippen MR) is 50.8 cm³/mol. The Balaban J connectivity index is 2.55. The highest BCUT2D eigenvalue weighted by Gasteiger charge is 2.31. The molecule has 1 saturated heterocycles. The van der Waals surface area contributed by atoms with Gasteiger partial charge in [0, 0.05) is 19.1 Å². The predicted octanol–water partition coefficient (Wildman–Crippen LogP) is 0.143. The zero-order valence-electron chi connectivity index (χ0n) is 8.29. The van der Waals surface area contributed by atoms with E-state index in [4.69, 9.17) is 5.11 Å². The molecule has 0 bridgehead atoms. The molecule has 1 heterocycles. The second kappa shape index (κ2) is 4.58. The number of hydrogen-bond donors (Lipinski definition) is 2. The van der Waals surface area contributed by atoms with Crippen LogP contribution in [0.15, 0.2) is 0 Å². The fourth-order valence-corrected chi connectivity index (χ4v) is 1.79. The summed E-state index contributed by atoms with van der Waals surface area (Å²) in [6, 6.07) is 0.114. The van der Waals surface area contributed by atoms with Crippen molar-refractivity contribution in [2.75, 3.05) is 19.6 Å². The zero-order valence-corrected chi connectivity index (χ0v) is 8.29. The van der Waals surface area contributed by atoms with E-state index in [1.807, 2.05) is 13.8 Å². The number of rotatable bonds is 5. The van der Waals surface area contributed by atoms with E-state index in [0.29, 0.717) is 12.5 Å². The van der Waals surface area contributed by atoms with Crippen LogP contribution in [0.1, 0.15) is 20.3 Å². The Morgan fingerprint density at radius 3 is 2.46 bits per heavy atom. The van der Waals surface area contributed by atoms with Crippen LogP contribution in [0.25, 0.3) is 0 Å². The van der Waals surface area contributed by atoms with Crippen LogP contribution in [-0.4, -0.2) is 47.7 Å². The maximum Gasteiger partial charge on any atom is 0.320 e. The fraction of sp³-hybridized carbons (Fsp3) is 0.889. The van der Waals surface area contributed by atoms with Crippen molar-refractivity contribution < 1.29 is 9.90 Å². The molecule has 0 aromatic carbocycles. The molecule has 76 valence electrons. The second-order valence-corrected chi connectivity index (χ2v) is 3.40. The molecule has 2 N–H and O–H groups in total. The molecule has 0 saturated carbocycles. The SMILES string of the molecule is CCC(C(=O)O)N(CC)C1CNC1. The largest absolute Gasteiger partial charge is 0.480 e. The number of aliphatic carboxylic acids is 1. The van der Waals surface area contributed by atoms with Gasteiger partial charge < -0.3 is 10.4 Å². The van der Waals surface area contributed by atoms with E-state index < -0.39 is 5.97 Å². The van der Waals surface area contributed by atoms with Gasteiger partial charge in [-0.15, -0.1) is 0 Å². The van der Waals surface area contributed by atoms with E-state index in [1.165, 1.54) is 0 Å². The number of hydrogen-bond acceptors (Lipinski definition) is 3. The summed E-state index contributed by atoms with van der Waals surface area (Å²) in [5, 5.41) is 12.1. The first-order chi connectivity index (χ1) is 6.20. The molecule has 0 spiro atoms. The Hall–Kier alpha value is -0.610. The van der Waals surface area contributed by atoms with E-state index in [-0.39, 0.29) is 6.04 Å². The Labute approximate surface area is 78.9 Å². The summed E-state index contributed by atoms with van der Waals surface area (Å²) in [6.45, 7) is 6.61. The third-order valence-corrected chi connectivity index (χ3v) is 2.67. The van der Waals surface area contributed by atoms with Gasteiger partial charge in [-0.25, -0.2) is 0 Å². The summed E-state index contributed by atoms with van der Waals surface area (Å²) in [4.78, 5) is 13.0. The Morgan fingerprint density at radius 1 is 1.62 bits per heavy atom. The van der Waals surface area contributed by atoms with Crippen LogP contribution in [0.2, 0.25) is 0 Å². The van der Waals surface area contributed by atoms with Gasteiger partial charge in [0.25, 0.3) is 0 Å². The molecule has 4 heteroatoms. The summed E-state index contributed by atoms with van der Waals surface area (Å²) in [5.74, 6) is -0.698. The molecule has 13 heavy (non-hydrogen) atoms. The summed E-state index contributed by atoms with van der Waals surface area (Å²) in [6.07, 6.45) is 0.680. The smallest absolute Gasteiger partial charge is 0.320 e. The van der Waals surface area contributed by atoms with E-state index in [9.17, 15) is 4.79 Å². The van der Waals surface area contributed by atoms with Crippen LogP contribution in [0, 0.1) is 0 Å². The van der Waals surface area contributed by atoms with E-state index in [2.05, 4.69) is 10.2 Å². The van der Waals surface area contributed by atoms with Crippen molar-refractivity contribution >= 4 is 5.97 Å². The molecule has 1 aliphatic rings. The lowest BCUT2D eigenvalue weighted by Gasteiger charge is -2.40. The van der Waals surface area contributed by atoms with Gasteiger partial charge in [-0.05, 0) is 13.0 Å². The molecule has 0 amide bonds. The van der Waals surface area contributed by atoms with Crippen molar-refractivity contribution in [3.8, 4) is 0 Å². The Morgan fingerprint density at radius 2 is 2.23 bits per heavy atom. The third-order valence-electron chi connectivity index (χ3n) is 2.67.